The van der Waals surface area contributed by atoms with Gasteiger partial charge in [0.25, 0.3) is 0 Å². The highest BCUT2D eigenvalue weighted by Gasteiger charge is 2.01. The SMILES string of the molecule is CC(C)C1=CCCC=CC1. The molecule has 0 unspecified atom stereocenters. The summed E-state index contributed by atoms with van der Waals surface area (Å²) in [6, 6.07) is 0. The van der Waals surface area contributed by atoms with E-state index in [4.69, 9.17) is 0 Å². The van der Waals surface area contributed by atoms with Gasteiger partial charge in [-0.05, 0) is 25.2 Å². The lowest BCUT2D eigenvalue weighted by atomic mass is 10.00. The van der Waals surface area contributed by atoms with Gasteiger partial charge in [-0.1, -0.05) is 37.6 Å². The van der Waals surface area contributed by atoms with Crippen molar-refractivity contribution in [1.29, 1.82) is 0 Å². The van der Waals surface area contributed by atoms with Crippen molar-refractivity contribution in [1.82, 2.24) is 0 Å². The largest absolute Gasteiger partial charge is 0.0879 e. The molecule has 0 N–H and O–H groups in total. The van der Waals surface area contributed by atoms with Crippen molar-refractivity contribution >= 4 is 0 Å². The lowest BCUT2D eigenvalue weighted by Crippen LogP contribution is -1.91. The Bertz CT molecular complexity index is 149. The zero-order chi connectivity index (χ0) is 7.40. The van der Waals surface area contributed by atoms with Crippen LogP contribution < -0.4 is 0 Å². The van der Waals surface area contributed by atoms with Crippen molar-refractivity contribution in [3.63, 3.8) is 0 Å². The fraction of sp³-hybridized carbons (Fsp3) is 0.600. The second-order valence-electron chi connectivity index (χ2n) is 3.19. The van der Waals surface area contributed by atoms with Crippen LogP contribution in [0.2, 0.25) is 0 Å². The predicted molar refractivity (Wildman–Crippen MR) is 45.9 cm³/mol. The molecule has 1 aliphatic carbocycles. The lowest BCUT2D eigenvalue weighted by molar-refractivity contribution is 0.743. The Hall–Kier alpha value is -0.520. The van der Waals surface area contributed by atoms with Gasteiger partial charge in [0.15, 0.2) is 0 Å². The van der Waals surface area contributed by atoms with Gasteiger partial charge < -0.3 is 0 Å². The van der Waals surface area contributed by atoms with E-state index < -0.39 is 0 Å². The summed E-state index contributed by atoms with van der Waals surface area (Å²) in [7, 11) is 0. The average molecular weight is 136 g/mol. The van der Waals surface area contributed by atoms with Gasteiger partial charge in [0.1, 0.15) is 0 Å². The fourth-order valence-corrected chi connectivity index (χ4v) is 1.26. The van der Waals surface area contributed by atoms with Crippen molar-refractivity contribution in [3.8, 4) is 0 Å². The highest BCUT2D eigenvalue weighted by Crippen LogP contribution is 2.18. The van der Waals surface area contributed by atoms with Crippen molar-refractivity contribution < 1.29 is 0 Å². The zero-order valence-corrected chi connectivity index (χ0v) is 6.93. The van der Waals surface area contributed by atoms with Crippen LogP contribution in [0.25, 0.3) is 0 Å². The van der Waals surface area contributed by atoms with Crippen molar-refractivity contribution in [3.05, 3.63) is 23.8 Å². The van der Waals surface area contributed by atoms with Gasteiger partial charge in [0, 0.05) is 0 Å². The summed E-state index contributed by atoms with van der Waals surface area (Å²) < 4.78 is 0. The third-order valence-electron chi connectivity index (χ3n) is 2.00. The monoisotopic (exact) mass is 136 g/mol. The Balaban J connectivity index is 2.56. The molecule has 0 bridgehead atoms. The van der Waals surface area contributed by atoms with Gasteiger partial charge in [-0.15, -0.1) is 0 Å². The van der Waals surface area contributed by atoms with Crippen LogP contribution >= 0.6 is 0 Å². The van der Waals surface area contributed by atoms with E-state index in [2.05, 4.69) is 32.1 Å². The molecule has 10 heavy (non-hydrogen) atoms. The van der Waals surface area contributed by atoms with E-state index in [1.54, 1.807) is 5.57 Å². The summed E-state index contributed by atoms with van der Waals surface area (Å²) >= 11 is 0. The number of rotatable bonds is 1. The zero-order valence-electron chi connectivity index (χ0n) is 6.93. The van der Waals surface area contributed by atoms with E-state index in [9.17, 15) is 0 Å². The number of allylic oxidation sites excluding steroid dienone is 4. The van der Waals surface area contributed by atoms with E-state index in [1.807, 2.05) is 0 Å². The Labute approximate surface area is 63.6 Å². The summed E-state index contributed by atoms with van der Waals surface area (Å²) in [5.41, 5.74) is 1.61. The molecule has 0 aromatic carbocycles. The minimum Gasteiger partial charge on any atom is -0.0879 e. The molecule has 56 valence electrons. The minimum absolute atomic E-state index is 0.739. The molecule has 1 aliphatic rings. The van der Waals surface area contributed by atoms with E-state index in [1.165, 1.54) is 19.3 Å². The summed E-state index contributed by atoms with van der Waals surface area (Å²) in [6.07, 6.45) is 10.6. The molecule has 0 spiro atoms. The average Bonchev–Trinajstić information content (AvgIpc) is 2.12. The molecule has 0 nitrogen and oxygen atoms in total. The summed E-state index contributed by atoms with van der Waals surface area (Å²) in [5, 5.41) is 0. The van der Waals surface area contributed by atoms with Gasteiger partial charge in [0.2, 0.25) is 0 Å². The standard InChI is InChI=1S/C10H16/c1-9(2)10-7-5-3-4-6-8-10/h3,5,8-9H,4,6-7H2,1-2H3. The first kappa shape index (κ1) is 7.59. The normalized spacial score (nSPS) is 18.9. The van der Waals surface area contributed by atoms with Gasteiger partial charge >= 0.3 is 0 Å². The summed E-state index contributed by atoms with van der Waals surface area (Å²) in [4.78, 5) is 0. The Morgan fingerprint density at radius 3 is 2.70 bits per heavy atom. The lowest BCUT2D eigenvalue weighted by Gasteiger charge is -2.06. The smallest absolute Gasteiger partial charge is 0.0136 e. The first-order valence-electron chi connectivity index (χ1n) is 4.14. The van der Waals surface area contributed by atoms with Gasteiger partial charge in [-0.3, -0.25) is 0 Å². The highest BCUT2D eigenvalue weighted by molar-refractivity contribution is 5.12. The molecular weight excluding hydrogens is 120 g/mol. The molecule has 0 saturated carbocycles. The maximum atomic E-state index is 2.39. The maximum absolute atomic E-state index is 2.39. The fourth-order valence-electron chi connectivity index (χ4n) is 1.26. The molecule has 0 fully saturated rings. The third kappa shape index (κ3) is 2.02. The van der Waals surface area contributed by atoms with E-state index in [0.29, 0.717) is 0 Å². The molecule has 1 rings (SSSR count). The van der Waals surface area contributed by atoms with Crippen LogP contribution in [0.1, 0.15) is 33.1 Å². The second kappa shape index (κ2) is 3.60. The second-order valence-corrected chi connectivity index (χ2v) is 3.19. The predicted octanol–water partition coefficient (Wildman–Crippen LogP) is 3.31. The molecule has 0 aromatic rings. The Morgan fingerprint density at radius 1 is 1.20 bits per heavy atom. The van der Waals surface area contributed by atoms with Crippen LogP contribution in [-0.4, -0.2) is 0 Å². The van der Waals surface area contributed by atoms with Crippen LogP contribution in [0, 0.1) is 5.92 Å². The molecule has 0 amide bonds. The summed E-state index contributed by atoms with van der Waals surface area (Å²) in [5.74, 6) is 0.739. The van der Waals surface area contributed by atoms with Crippen LogP contribution in [0.5, 0.6) is 0 Å². The molecular formula is C10H16. The first-order chi connectivity index (χ1) is 4.80. The Kier molecular flexibility index (Phi) is 2.73. The topological polar surface area (TPSA) is 0 Å². The van der Waals surface area contributed by atoms with Crippen LogP contribution in [0.4, 0.5) is 0 Å². The van der Waals surface area contributed by atoms with Crippen molar-refractivity contribution in [2.24, 2.45) is 5.92 Å². The van der Waals surface area contributed by atoms with E-state index >= 15 is 0 Å². The molecule has 0 radical (unpaired) electrons. The molecule has 0 heterocycles. The molecule has 0 aliphatic heterocycles. The van der Waals surface area contributed by atoms with Crippen LogP contribution in [0.3, 0.4) is 0 Å². The quantitative estimate of drug-likeness (QED) is 0.485. The highest BCUT2D eigenvalue weighted by atomic mass is 14.1. The van der Waals surface area contributed by atoms with E-state index in [0.717, 1.165) is 5.92 Å². The van der Waals surface area contributed by atoms with Crippen molar-refractivity contribution in [2.45, 2.75) is 33.1 Å². The molecule has 0 atom stereocenters. The minimum atomic E-state index is 0.739. The van der Waals surface area contributed by atoms with Crippen LogP contribution in [0.15, 0.2) is 23.8 Å². The van der Waals surface area contributed by atoms with Crippen molar-refractivity contribution in [2.75, 3.05) is 0 Å². The number of hydrogen-bond acceptors (Lipinski definition) is 0. The number of hydrogen-bond donors (Lipinski definition) is 0. The Morgan fingerprint density at radius 2 is 2.00 bits per heavy atom. The van der Waals surface area contributed by atoms with Gasteiger partial charge in [-0.2, -0.15) is 0 Å². The molecule has 0 aromatic heterocycles. The molecule has 0 saturated heterocycles. The first-order valence-corrected chi connectivity index (χ1v) is 4.14. The van der Waals surface area contributed by atoms with Gasteiger partial charge in [0.05, 0.1) is 0 Å². The van der Waals surface area contributed by atoms with E-state index in [-0.39, 0.29) is 0 Å². The molecule has 0 heteroatoms. The summed E-state index contributed by atoms with van der Waals surface area (Å²) in [6.45, 7) is 4.54. The third-order valence-corrected chi connectivity index (χ3v) is 2.00. The van der Waals surface area contributed by atoms with Gasteiger partial charge in [-0.25, -0.2) is 0 Å². The maximum Gasteiger partial charge on any atom is -0.0136 e. The van der Waals surface area contributed by atoms with Crippen LogP contribution in [-0.2, 0) is 0 Å².